The van der Waals surface area contributed by atoms with Crippen molar-refractivity contribution in [1.29, 1.82) is 0 Å². The number of anilines is 1. The molecule has 0 aliphatic carbocycles. The van der Waals surface area contributed by atoms with Gasteiger partial charge in [-0.25, -0.2) is 9.97 Å². The van der Waals surface area contributed by atoms with Gasteiger partial charge >= 0.3 is 0 Å². The van der Waals surface area contributed by atoms with Gasteiger partial charge in [-0.05, 0) is 25.1 Å². The number of nitrogens with one attached hydrogen (secondary N) is 1. The van der Waals surface area contributed by atoms with Crippen LogP contribution in [0.1, 0.15) is 11.7 Å². The van der Waals surface area contributed by atoms with Crippen molar-refractivity contribution in [3.63, 3.8) is 0 Å². The molecule has 0 bridgehead atoms. The molecule has 3 rings (SSSR count). The zero-order valence-electron chi connectivity index (χ0n) is 10.1. The molecule has 3 aromatic rings. The van der Waals surface area contributed by atoms with Crippen molar-refractivity contribution in [1.82, 2.24) is 9.97 Å². The first-order chi connectivity index (χ1) is 8.81. The molecule has 0 atom stereocenters. The summed E-state index contributed by atoms with van der Waals surface area (Å²) in [6.07, 6.45) is 1.71. The number of hydrogen-bond donors (Lipinski definition) is 1. The molecular weight excluding hydrogens is 226 g/mol. The highest BCUT2D eigenvalue weighted by atomic mass is 16.4. The molecule has 90 valence electrons. The average Bonchev–Trinajstić information content (AvgIpc) is 2.82. The normalized spacial score (nSPS) is 10.7. The van der Waals surface area contributed by atoms with Crippen molar-refractivity contribution in [2.45, 2.75) is 13.5 Å². The number of hydrogen-bond acceptors (Lipinski definition) is 4. The van der Waals surface area contributed by atoms with Crippen LogP contribution in [0, 0.1) is 6.92 Å². The highest BCUT2D eigenvalue weighted by Crippen LogP contribution is 2.15. The van der Waals surface area contributed by atoms with E-state index in [2.05, 4.69) is 15.3 Å². The number of rotatable bonds is 3. The van der Waals surface area contributed by atoms with E-state index in [0.717, 1.165) is 22.5 Å². The minimum Gasteiger partial charge on any atom is -0.444 e. The molecule has 4 heteroatoms. The second-order valence-electron chi connectivity index (χ2n) is 4.11. The fraction of sp³-hybridized carbons (Fsp3) is 0.143. The van der Waals surface area contributed by atoms with Gasteiger partial charge in [-0.2, -0.15) is 0 Å². The first kappa shape index (κ1) is 10.8. The second-order valence-corrected chi connectivity index (χ2v) is 4.11. The van der Waals surface area contributed by atoms with Crippen molar-refractivity contribution in [2.24, 2.45) is 0 Å². The van der Waals surface area contributed by atoms with Crippen molar-refractivity contribution < 1.29 is 4.42 Å². The maximum atomic E-state index is 5.39. The van der Waals surface area contributed by atoms with E-state index in [1.54, 1.807) is 6.20 Å². The third-order valence-corrected chi connectivity index (χ3v) is 2.69. The van der Waals surface area contributed by atoms with Crippen LogP contribution in [-0.2, 0) is 6.54 Å². The summed E-state index contributed by atoms with van der Waals surface area (Å²) in [4.78, 5) is 8.65. The molecule has 0 aliphatic rings. The van der Waals surface area contributed by atoms with E-state index in [-0.39, 0.29) is 0 Å². The number of aryl methyl sites for hydroxylation is 1. The van der Waals surface area contributed by atoms with Crippen LogP contribution in [0.4, 0.5) is 5.82 Å². The van der Waals surface area contributed by atoms with E-state index in [0.29, 0.717) is 12.4 Å². The molecule has 2 aromatic heterocycles. The molecular formula is C14H13N3O. The summed E-state index contributed by atoms with van der Waals surface area (Å²) in [5.41, 5.74) is 0.978. The summed E-state index contributed by atoms with van der Waals surface area (Å²) < 4.78 is 5.39. The molecule has 0 radical (unpaired) electrons. The predicted octanol–water partition coefficient (Wildman–Crippen LogP) is 3.14. The standard InChI is InChI=1S/C14H13N3O/c1-10-8-16-14(18-10)9-15-13-7-6-11-4-2-3-5-12(11)17-13/h2-8H,9H2,1H3,(H,15,17). The Morgan fingerprint density at radius 1 is 1.17 bits per heavy atom. The van der Waals surface area contributed by atoms with E-state index in [9.17, 15) is 0 Å². The van der Waals surface area contributed by atoms with Gasteiger partial charge in [0.2, 0.25) is 5.89 Å². The summed E-state index contributed by atoms with van der Waals surface area (Å²) in [6.45, 7) is 2.42. The zero-order chi connectivity index (χ0) is 12.4. The topological polar surface area (TPSA) is 51.0 Å². The van der Waals surface area contributed by atoms with E-state index >= 15 is 0 Å². The van der Waals surface area contributed by atoms with Gasteiger partial charge in [-0.3, -0.25) is 0 Å². The van der Waals surface area contributed by atoms with Crippen LogP contribution in [0.2, 0.25) is 0 Å². The Morgan fingerprint density at radius 2 is 2.06 bits per heavy atom. The largest absolute Gasteiger partial charge is 0.444 e. The summed E-state index contributed by atoms with van der Waals surface area (Å²) in [7, 11) is 0. The fourth-order valence-corrected chi connectivity index (χ4v) is 1.81. The van der Waals surface area contributed by atoms with Crippen molar-refractivity contribution in [3.8, 4) is 0 Å². The van der Waals surface area contributed by atoms with Crippen LogP contribution in [0.25, 0.3) is 10.9 Å². The minimum atomic E-state index is 0.541. The van der Waals surface area contributed by atoms with Gasteiger partial charge in [0.15, 0.2) is 0 Å². The van der Waals surface area contributed by atoms with Crippen LogP contribution in [-0.4, -0.2) is 9.97 Å². The first-order valence-corrected chi connectivity index (χ1v) is 5.82. The van der Waals surface area contributed by atoms with Crippen LogP contribution < -0.4 is 5.32 Å². The number of fused-ring (bicyclic) bond motifs is 1. The number of para-hydroxylation sites is 1. The maximum absolute atomic E-state index is 5.39. The Labute approximate surface area is 105 Å². The van der Waals surface area contributed by atoms with Crippen LogP contribution in [0.5, 0.6) is 0 Å². The lowest BCUT2D eigenvalue weighted by Crippen LogP contribution is -2.01. The van der Waals surface area contributed by atoms with Gasteiger partial charge in [0, 0.05) is 5.39 Å². The zero-order valence-corrected chi connectivity index (χ0v) is 10.1. The molecule has 0 unspecified atom stereocenters. The molecule has 0 fully saturated rings. The number of pyridine rings is 1. The highest BCUT2D eigenvalue weighted by Gasteiger charge is 2.01. The highest BCUT2D eigenvalue weighted by molar-refractivity contribution is 5.79. The van der Waals surface area contributed by atoms with Gasteiger partial charge in [0.05, 0.1) is 18.3 Å². The Balaban J connectivity index is 1.78. The summed E-state index contributed by atoms with van der Waals surface area (Å²) in [5, 5.41) is 4.33. The van der Waals surface area contributed by atoms with E-state index < -0.39 is 0 Å². The van der Waals surface area contributed by atoms with Gasteiger partial charge in [0.1, 0.15) is 11.6 Å². The summed E-state index contributed by atoms with van der Waals surface area (Å²) in [5.74, 6) is 2.31. The molecule has 1 N–H and O–H groups in total. The van der Waals surface area contributed by atoms with E-state index in [1.165, 1.54) is 0 Å². The first-order valence-electron chi connectivity index (χ1n) is 5.82. The molecule has 0 saturated heterocycles. The number of nitrogens with zero attached hydrogens (tertiary/aromatic N) is 2. The molecule has 1 aromatic carbocycles. The monoisotopic (exact) mass is 239 g/mol. The lowest BCUT2D eigenvalue weighted by atomic mass is 10.2. The average molecular weight is 239 g/mol. The molecule has 2 heterocycles. The van der Waals surface area contributed by atoms with E-state index in [1.807, 2.05) is 43.3 Å². The van der Waals surface area contributed by atoms with Crippen LogP contribution in [0.3, 0.4) is 0 Å². The second kappa shape index (κ2) is 4.49. The van der Waals surface area contributed by atoms with Crippen LogP contribution in [0.15, 0.2) is 47.0 Å². The number of oxazole rings is 1. The van der Waals surface area contributed by atoms with Gasteiger partial charge in [-0.15, -0.1) is 0 Å². The van der Waals surface area contributed by atoms with Gasteiger partial charge in [0.25, 0.3) is 0 Å². The smallest absolute Gasteiger partial charge is 0.213 e. The Morgan fingerprint density at radius 3 is 2.89 bits per heavy atom. The van der Waals surface area contributed by atoms with Crippen molar-refractivity contribution >= 4 is 16.7 Å². The predicted molar refractivity (Wildman–Crippen MR) is 70.3 cm³/mol. The lowest BCUT2D eigenvalue weighted by molar-refractivity contribution is 0.479. The number of aromatic nitrogens is 2. The van der Waals surface area contributed by atoms with Crippen LogP contribution >= 0.6 is 0 Å². The summed E-state index contributed by atoms with van der Waals surface area (Å²) >= 11 is 0. The molecule has 0 spiro atoms. The SMILES string of the molecule is Cc1cnc(CNc2ccc3ccccc3n2)o1. The molecule has 0 saturated carbocycles. The lowest BCUT2D eigenvalue weighted by Gasteiger charge is -2.04. The third-order valence-electron chi connectivity index (χ3n) is 2.69. The van der Waals surface area contributed by atoms with Gasteiger partial charge < -0.3 is 9.73 Å². The van der Waals surface area contributed by atoms with Crippen molar-refractivity contribution in [3.05, 3.63) is 54.2 Å². The minimum absolute atomic E-state index is 0.541. The molecule has 0 aliphatic heterocycles. The third kappa shape index (κ3) is 2.18. The Bertz CT molecular complexity index is 675. The fourth-order valence-electron chi connectivity index (χ4n) is 1.81. The summed E-state index contributed by atoms with van der Waals surface area (Å²) in [6, 6.07) is 12.0. The Kier molecular flexibility index (Phi) is 2.68. The number of benzene rings is 1. The quantitative estimate of drug-likeness (QED) is 0.762. The Hall–Kier alpha value is -2.36. The van der Waals surface area contributed by atoms with E-state index in [4.69, 9.17) is 4.42 Å². The molecule has 0 amide bonds. The van der Waals surface area contributed by atoms with Crippen molar-refractivity contribution in [2.75, 3.05) is 5.32 Å². The van der Waals surface area contributed by atoms with Gasteiger partial charge in [-0.1, -0.05) is 18.2 Å². The molecule has 18 heavy (non-hydrogen) atoms. The molecule has 4 nitrogen and oxygen atoms in total. The maximum Gasteiger partial charge on any atom is 0.213 e.